The van der Waals surface area contributed by atoms with Crippen LogP contribution in [0.25, 0.3) is 10.9 Å². The van der Waals surface area contributed by atoms with E-state index in [0.717, 1.165) is 22.2 Å². The van der Waals surface area contributed by atoms with Crippen molar-refractivity contribution in [2.75, 3.05) is 18.1 Å². The topological polar surface area (TPSA) is 60.8 Å². The van der Waals surface area contributed by atoms with E-state index >= 15 is 0 Å². The van der Waals surface area contributed by atoms with Gasteiger partial charge in [0.1, 0.15) is 18.1 Å². The Balaban J connectivity index is 1.41. The zero-order chi connectivity index (χ0) is 24.4. The highest BCUT2D eigenvalue weighted by molar-refractivity contribution is 6.04. The Morgan fingerprint density at radius 2 is 1.94 bits per heavy atom. The summed E-state index contributed by atoms with van der Waals surface area (Å²) in [5.41, 5.74) is 3.11. The molecule has 0 bridgehead atoms. The molecule has 3 aromatic carbocycles. The first-order chi connectivity index (χ1) is 17.1. The minimum absolute atomic E-state index is 0.0193. The minimum Gasteiger partial charge on any atom is -0.488 e. The van der Waals surface area contributed by atoms with Gasteiger partial charge >= 0.3 is 0 Å². The van der Waals surface area contributed by atoms with Gasteiger partial charge in [-0.2, -0.15) is 0 Å². The Labute approximate surface area is 204 Å². The fraction of sp³-hybridized carbons (Fsp3) is 0.172. The highest BCUT2D eigenvalue weighted by Crippen LogP contribution is 2.35. The number of carbonyl (C=O) groups is 2. The molecule has 0 radical (unpaired) electrons. The number of ether oxygens (including phenoxy) is 2. The standard InChI is InChI=1S/C29H26N2O4/c1-3-15-31-25-17-22(12-13-27(25)35-19-28(31)32)29(33)20(2)30-16-14-23-24(30)10-7-11-26(23)34-18-21-8-5-4-6-9-21/h3-14,16-17,20H,1,15,18-19H2,2H3. The first-order valence-electron chi connectivity index (χ1n) is 11.6. The molecule has 0 aliphatic carbocycles. The van der Waals surface area contributed by atoms with E-state index in [1.807, 2.05) is 72.3 Å². The summed E-state index contributed by atoms with van der Waals surface area (Å²) in [6, 6.07) is 22.6. The molecule has 6 heteroatoms. The van der Waals surface area contributed by atoms with Crippen LogP contribution in [-0.4, -0.2) is 29.4 Å². The molecule has 6 nitrogen and oxygen atoms in total. The van der Waals surface area contributed by atoms with E-state index in [4.69, 9.17) is 9.47 Å². The quantitative estimate of drug-likeness (QED) is 0.251. The number of ketones is 1. The summed E-state index contributed by atoms with van der Waals surface area (Å²) in [6.07, 6.45) is 3.57. The lowest BCUT2D eigenvalue weighted by Gasteiger charge is -2.29. The van der Waals surface area contributed by atoms with Gasteiger partial charge in [0.25, 0.3) is 5.91 Å². The van der Waals surface area contributed by atoms with Crippen molar-refractivity contribution in [3.63, 3.8) is 0 Å². The normalized spacial score (nSPS) is 13.7. The van der Waals surface area contributed by atoms with Crippen LogP contribution in [0.1, 0.15) is 28.9 Å². The Morgan fingerprint density at radius 3 is 2.74 bits per heavy atom. The van der Waals surface area contributed by atoms with Crippen molar-refractivity contribution in [1.29, 1.82) is 0 Å². The number of Topliss-reactive ketones (excluding diaryl/α,β-unsaturated/α-hetero) is 1. The monoisotopic (exact) mass is 466 g/mol. The van der Waals surface area contributed by atoms with Gasteiger partial charge in [-0.25, -0.2) is 0 Å². The van der Waals surface area contributed by atoms with Gasteiger partial charge in [0.15, 0.2) is 12.4 Å². The molecule has 1 unspecified atom stereocenters. The first kappa shape index (κ1) is 22.5. The molecule has 2 heterocycles. The highest BCUT2D eigenvalue weighted by atomic mass is 16.5. The van der Waals surface area contributed by atoms with E-state index in [0.29, 0.717) is 30.2 Å². The third-order valence-electron chi connectivity index (χ3n) is 6.26. The summed E-state index contributed by atoms with van der Waals surface area (Å²) in [7, 11) is 0. The van der Waals surface area contributed by atoms with Gasteiger partial charge in [0.2, 0.25) is 0 Å². The lowest BCUT2D eigenvalue weighted by atomic mass is 10.0. The number of fused-ring (bicyclic) bond motifs is 2. The maximum absolute atomic E-state index is 13.5. The molecule has 5 rings (SSSR count). The van der Waals surface area contributed by atoms with Crippen LogP contribution >= 0.6 is 0 Å². The summed E-state index contributed by atoms with van der Waals surface area (Å²) in [5, 5.41) is 0.949. The molecule has 0 N–H and O–H groups in total. The van der Waals surface area contributed by atoms with E-state index in [1.165, 1.54) is 0 Å². The summed E-state index contributed by atoms with van der Waals surface area (Å²) in [4.78, 5) is 27.4. The number of benzene rings is 3. The van der Waals surface area contributed by atoms with Crippen molar-refractivity contribution in [3.8, 4) is 11.5 Å². The van der Waals surface area contributed by atoms with Crippen LogP contribution in [0, 0.1) is 0 Å². The molecular weight excluding hydrogens is 440 g/mol. The van der Waals surface area contributed by atoms with Crippen molar-refractivity contribution in [2.24, 2.45) is 0 Å². The van der Waals surface area contributed by atoms with E-state index in [9.17, 15) is 9.59 Å². The van der Waals surface area contributed by atoms with Gasteiger partial charge < -0.3 is 18.9 Å². The molecule has 35 heavy (non-hydrogen) atoms. The van der Waals surface area contributed by atoms with E-state index in [2.05, 4.69) is 6.58 Å². The summed E-state index contributed by atoms with van der Waals surface area (Å²) in [5.74, 6) is 1.14. The van der Waals surface area contributed by atoms with E-state index in [-0.39, 0.29) is 18.3 Å². The number of rotatable bonds is 8. The SMILES string of the molecule is C=CCN1C(=O)COc2ccc(C(=O)C(C)n3ccc4c(OCc5ccccc5)cccc43)cc21. The van der Waals surface area contributed by atoms with Crippen molar-refractivity contribution >= 4 is 28.3 Å². The van der Waals surface area contributed by atoms with Crippen molar-refractivity contribution < 1.29 is 19.1 Å². The summed E-state index contributed by atoms with van der Waals surface area (Å²) < 4.78 is 13.6. The third kappa shape index (κ3) is 4.30. The van der Waals surface area contributed by atoms with Gasteiger partial charge in [0, 0.05) is 23.7 Å². The van der Waals surface area contributed by atoms with Gasteiger partial charge in [-0.1, -0.05) is 42.5 Å². The van der Waals surface area contributed by atoms with Crippen molar-refractivity contribution in [2.45, 2.75) is 19.6 Å². The predicted octanol–water partition coefficient (Wildman–Crippen LogP) is 5.58. The largest absolute Gasteiger partial charge is 0.488 e. The van der Waals surface area contributed by atoms with Gasteiger partial charge in [-0.3, -0.25) is 9.59 Å². The Kier molecular flexibility index (Phi) is 6.10. The zero-order valence-corrected chi connectivity index (χ0v) is 19.5. The Morgan fingerprint density at radius 1 is 1.11 bits per heavy atom. The second kappa shape index (κ2) is 9.50. The Bertz CT molecular complexity index is 1410. The van der Waals surface area contributed by atoms with Crippen molar-refractivity contribution in [3.05, 3.63) is 103 Å². The molecule has 0 saturated heterocycles. The molecule has 1 aromatic heterocycles. The minimum atomic E-state index is -0.456. The van der Waals surface area contributed by atoms with Gasteiger partial charge in [-0.15, -0.1) is 6.58 Å². The molecule has 1 aliphatic heterocycles. The van der Waals surface area contributed by atoms with Gasteiger partial charge in [0.05, 0.1) is 17.2 Å². The maximum Gasteiger partial charge on any atom is 0.265 e. The van der Waals surface area contributed by atoms with Crippen LogP contribution in [0.2, 0.25) is 0 Å². The van der Waals surface area contributed by atoms with E-state index in [1.54, 1.807) is 29.2 Å². The number of aromatic nitrogens is 1. The second-order valence-electron chi connectivity index (χ2n) is 8.49. The average molecular weight is 467 g/mol. The lowest BCUT2D eigenvalue weighted by molar-refractivity contribution is -0.121. The van der Waals surface area contributed by atoms with Crippen LogP contribution in [0.3, 0.4) is 0 Å². The summed E-state index contributed by atoms with van der Waals surface area (Å²) in [6.45, 7) is 6.42. The molecule has 176 valence electrons. The van der Waals surface area contributed by atoms with Gasteiger partial charge in [-0.05, 0) is 48.9 Å². The number of hydrogen-bond acceptors (Lipinski definition) is 4. The molecule has 0 fully saturated rings. The third-order valence-corrected chi connectivity index (χ3v) is 6.26. The predicted molar refractivity (Wildman–Crippen MR) is 136 cm³/mol. The summed E-state index contributed by atoms with van der Waals surface area (Å²) >= 11 is 0. The molecule has 1 atom stereocenters. The zero-order valence-electron chi connectivity index (χ0n) is 19.5. The molecule has 1 amide bonds. The van der Waals surface area contributed by atoms with Crippen LogP contribution in [0.4, 0.5) is 5.69 Å². The molecule has 1 aliphatic rings. The highest BCUT2D eigenvalue weighted by Gasteiger charge is 2.27. The number of hydrogen-bond donors (Lipinski definition) is 0. The molecular formula is C29H26N2O4. The molecule has 0 spiro atoms. The number of nitrogens with zero attached hydrogens (tertiary/aromatic N) is 2. The smallest absolute Gasteiger partial charge is 0.265 e. The van der Waals surface area contributed by atoms with Crippen LogP contribution in [0.5, 0.6) is 11.5 Å². The second-order valence-corrected chi connectivity index (χ2v) is 8.49. The maximum atomic E-state index is 13.5. The first-order valence-corrected chi connectivity index (χ1v) is 11.6. The number of carbonyl (C=O) groups excluding carboxylic acids is 2. The lowest BCUT2D eigenvalue weighted by Crippen LogP contribution is -2.39. The van der Waals surface area contributed by atoms with Crippen LogP contribution in [-0.2, 0) is 11.4 Å². The van der Waals surface area contributed by atoms with E-state index < -0.39 is 6.04 Å². The average Bonchev–Trinajstić information content (AvgIpc) is 3.33. The van der Waals surface area contributed by atoms with Crippen LogP contribution in [0.15, 0.2) is 91.6 Å². The fourth-order valence-electron chi connectivity index (χ4n) is 4.41. The fourth-order valence-corrected chi connectivity index (χ4v) is 4.41. The number of amides is 1. The molecule has 4 aromatic rings. The Hall–Kier alpha value is -4.32. The van der Waals surface area contributed by atoms with Crippen molar-refractivity contribution in [1.82, 2.24) is 4.57 Å². The number of anilines is 1. The van der Waals surface area contributed by atoms with Crippen LogP contribution < -0.4 is 14.4 Å². The molecule has 0 saturated carbocycles.